The van der Waals surface area contributed by atoms with Crippen LogP contribution in [0.15, 0.2) is 57.7 Å². The zero-order chi connectivity index (χ0) is 17.4. The standard InChI is InChI=1S/C19H17ClN2O3/c20-15-6-7-16-17(10-15)25-19(24)22(16)12-18(23)21-9-8-14(11-21)13-4-2-1-3-5-13/h1-7,10,14H,8-9,11-12H2/t14-/m0/s1. The minimum Gasteiger partial charge on any atom is -0.408 e. The third-order valence-electron chi connectivity index (χ3n) is 4.74. The fraction of sp³-hybridized carbons (Fsp3) is 0.263. The van der Waals surface area contributed by atoms with Gasteiger partial charge in [0.1, 0.15) is 6.54 Å². The molecule has 5 nitrogen and oxygen atoms in total. The summed E-state index contributed by atoms with van der Waals surface area (Å²) in [6, 6.07) is 15.2. The Morgan fingerprint density at radius 3 is 2.80 bits per heavy atom. The molecule has 128 valence electrons. The number of benzene rings is 2. The highest BCUT2D eigenvalue weighted by Gasteiger charge is 2.28. The maximum atomic E-state index is 12.7. The molecule has 1 saturated heterocycles. The highest BCUT2D eigenvalue weighted by atomic mass is 35.5. The lowest BCUT2D eigenvalue weighted by Gasteiger charge is -2.17. The van der Waals surface area contributed by atoms with Gasteiger partial charge in [0.2, 0.25) is 5.91 Å². The first kappa shape index (κ1) is 16.0. The molecule has 1 fully saturated rings. The van der Waals surface area contributed by atoms with E-state index in [0.717, 1.165) is 6.42 Å². The maximum absolute atomic E-state index is 12.7. The van der Waals surface area contributed by atoms with Crippen molar-refractivity contribution in [3.8, 4) is 0 Å². The molecule has 1 aromatic heterocycles. The summed E-state index contributed by atoms with van der Waals surface area (Å²) in [5, 5.41) is 0.491. The van der Waals surface area contributed by atoms with Gasteiger partial charge in [0, 0.05) is 30.1 Å². The van der Waals surface area contributed by atoms with Crippen LogP contribution in [0.3, 0.4) is 0 Å². The van der Waals surface area contributed by atoms with Crippen LogP contribution < -0.4 is 5.76 Å². The molecule has 0 unspecified atom stereocenters. The Kier molecular flexibility index (Phi) is 4.09. The molecule has 0 spiro atoms. The van der Waals surface area contributed by atoms with E-state index >= 15 is 0 Å². The zero-order valence-electron chi connectivity index (χ0n) is 13.5. The number of amides is 1. The molecule has 2 heterocycles. The van der Waals surface area contributed by atoms with Crippen molar-refractivity contribution in [1.82, 2.24) is 9.47 Å². The molecule has 1 aliphatic rings. The number of carbonyl (C=O) groups excluding carboxylic acids is 1. The number of hydrogen-bond acceptors (Lipinski definition) is 3. The number of aromatic nitrogens is 1. The fourth-order valence-electron chi connectivity index (χ4n) is 3.41. The average molecular weight is 357 g/mol. The predicted octanol–water partition coefficient (Wildman–Crippen LogP) is 3.26. The quantitative estimate of drug-likeness (QED) is 0.723. The molecule has 3 aromatic rings. The molecule has 25 heavy (non-hydrogen) atoms. The van der Waals surface area contributed by atoms with Gasteiger partial charge in [-0.05, 0) is 24.1 Å². The van der Waals surface area contributed by atoms with Gasteiger partial charge >= 0.3 is 5.76 Å². The molecule has 1 atom stereocenters. The maximum Gasteiger partial charge on any atom is 0.420 e. The van der Waals surface area contributed by atoms with Crippen LogP contribution in [0.1, 0.15) is 17.9 Å². The van der Waals surface area contributed by atoms with E-state index in [1.54, 1.807) is 18.2 Å². The van der Waals surface area contributed by atoms with Crippen LogP contribution in [-0.4, -0.2) is 28.5 Å². The third-order valence-corrected chi connectivity index (χ3v) is 4.97. The minimum atomic E-state index is -0.538. The van der Waals surface area contributed by atoms with E-state index in [1.807, 2.05) is 23.1 Å². The number of fused-ring (bicyclic) bond motifs is 1. The number of likely N-dealkylation sites (tertiary alicyclic amines) is 1. The molecule has 1 aliphatic heterocycles. The molecule has 6 heteroatoms. The Bertz CT molecular complexity index is 977. The summed E-state index contributed by atoms with van der Waals surface area (Å²) in [7, 11) is 0. The van der Waals surface area contributed by atoms with Gasteiger partial charge in [0.05, 0.1) is 5.52 Å². The zero-order valence-corrected chi connectivity index (χ0v) is 14.3. The van der Waals surface area contributed by atoms with Crippen molar-refractivity contribution in [3.63, 3.8) is 0 Å². The largest absolute Gasteiger partial charge is 0.420 e. The smallest absolute Gasteiger partial charge is 0.408 e. The van der Waals surface area contributed by atoms with E-state index in [4.69, 9.17) is 16.0 Å². The second-order valence-electron chi connectivity index (χ2n) is 6.30. The van der Waals surface area contributed by atoms with Crippen LogP contribution in [0.4, 0.5) is 0 Å². The van der Waals surface area contributed by atoms with Gasteiger partial charge in [-0.2, -0.15) is 0 Å². The first-order valence-corrected chi connectivity index (χ1v) is 8.61. The van der Waals surface area contributed by atoms with Crippen molar-refractivity contribution in [2.45, 2.75) is 18.9 Å². The van der Waals surface area contributed by atoms with Crippen LogP contribution in [-0.2, 0) is 11.3 Å². The number of oxazole rings is 1. The number of nitrogens with zero attached hydrogens (tertiary/aromatic N) is 2. The van der Waals surface area contributed by atoms with Gasteiger partial charge in [-0.25, -0.2) is 4.79 Å². The van der Waals surface area contributed by atoms with Crippen molar-refractivity contribution in [2.75, 3.05) is 13.1 Å². The summed E-state index contributed by atoms with van der Waals surface area (Å²) in [5.74, 6) is -0.260. The van der Waals surface area contributed by atoms with E-state index in [2.05, 4.69) is 12.1 Å². The number of rotatable bonds is 3. The van der Waals surface area contributed by atoms with Gasteiger partial charge in [-0.3, -0.25) is 9.36 Å². The molecular formula is C19H17ClN2O3. The number of hydrogen-bond donors (Lipinski definition) is 0. The van der Waals surface area contributed by atoms with Crippen molar-refractivity contribution in [1.29, 1.82) is 0 Å². The molecule has 1 amide bonds. The topological polar surface area (TPSA) is 55.5 Å². The first-order chi connectivity index (χ1) is 12.1. The molecule has 0 aliphatic carbocycles. The molecule has 0 radical (unpaired) electrons. The van der Waals surface area contributed by atoms with Gasteiger partial charge in [-0.1, -0.05) is 41.9 Å². The van der Waals surface area contributed by atoms with Crippen LogP contribution >= 0.6 is 11.6 Å². The fourth-order valence-corrected chi connectivity index (χ4v) is 3.57. The Labute approximate surface area is 149 Å². The average Bonchev–Trinajstić information content (AvgIpc) is 3.21. The molecule has 4 rings (SSSR count). The van der Waals surface area contributed by atoms with Crippen LogP contribution in [0.5, 0.6) is 0 Å². The van der Waals surface area contributed by atoms with Crippen LogP contribution in [0.2, 0.25) is 5.02 Å². The Morgan fingerprint density at radius 2 is 2.00 bits per heavy atom. The third kappa shape index (κ3) is 3.07. The summed E-state index contributed by atoms with van der Waals surface area (Å²) < 4.78 is 6.55. The predicted molar refractivity (Wildman–Crippen MR) is 95.9 cm³/mol. The van der Waals surface area contributed by atoms with E-state index in [9.17, 15) is 9.59 Å². The lowest BCUT2D eigenvalue weighted by molar-refractivity contribution is -0.130. The van der Waals surface area contributed by atoms with Gasteiger partial charge < -0.3 is 9.32 Å². The lowest BCUT2D eigenvalue weighted by atomic mass is 9.99. The monoisotopic (exact) mass is 356 g/mol. The van der Waals surface area contributed by atoms with Crippen molar-refractivity contribution in [3.05, 3.63) is 69.7 Å². The summed E-state index contributed by atoms with van der Waals surface area (Å²) in [6.45, 7) is 1.36. The first-order valence-electron chi connectivity index (χ1n) is 8.23. The summed E-state index contributed by atoms with van der Waals surface area (Å²) >= 11 is 5.92. The highest BCUT2D eigenvalue weighted by Crippen LogP contribution is 2.27. The molecular weight excluding hydrogens is 340 g/mol. The van der Waals surface area contributed by atoms with Gasteiger partial charge in [0.25, 0.3) is 0 Å². The molecule has 0 saturated carbocycles. The molecule has 2 aromatic carbocycles. The van der Waals surface area contributed by atoms with Crippen molar-refractivity contribution < 1.29 is 9.21 Å². The van der Waals surface area contributed by atoms with Gasteiger partial charge in [-0.15, -0.1) is 0 Å². The Balaban J connectivity index is 1.52. The van der Waals surface area contributed by atoms with E-state index in [0.29, 0.717) is 35.1 Å². The summed E-state index contributed by atoms with van der Waals surface area (Å²) in [5.41, 5.74) is 2.23. The van der Waals surface area contributed by atoms with Crippen molar-refractivity contribution >= 4 is 28.6 Å². The second kappa shape index (κ2) is 6.41. The summed E-state index contributed by atoms with van der Waals surface area (Å²) in [4.78, 5) is 26.5. The SMILES string of the molecule is O=C(Cn1c(=O)oc2cc(Cl)ccc21)N1CC[C@H](c2ccccc2)C1. The lowest BCUT2D eigenvalue weighted by Crippen LogP contribution is -2.34. The Morgan fingerprint density at radius 1 is 1.20 bits per heavy atom. The Hall–Kier alpha value is -2.53. The van der Waals surface area contributed by atoms with Crippen LogP contribution in [0.25, 0.3) is 11.1 Å². The van der Waals surface area contributed by atoms with Gasteiger partial charge in [0.15, 0.2) is 5.58 Å². The van der Waals surface area contributed by atoms with E-state index < -0.39 is 5.76 Å². The van der Waals surface area contributed by atoms with Crippen molar-refractivity contribution in [2.24, 2.45) is 0 Å². The minimum absolute atomic E-state index is 0.0189. The normalized spacial score (nSPS) is 17.3. The number of carbonyl (C=O) groups is 1. The molecule has 0 bridgehead atoms. The summed E-state index contributed by atoms with van der Waals surface area (Å²) in [6.07, 6.45) is 0.937. The van der Waals surface area contributed by atoms with E-state index in [-0.39, 0.29) is 12.5 Å². The molecule has 0 N–H and O–H groups in total. The highest BCUT2D eigenvalue weighted by molar-refractivity contribution is 6.31. The van der Waals surface area contributed by atoms with Crippen LogP contribution in [0, 0.1) is 0 Å². The van der Waals surface area contributed by atoms with E-state index in [1.165, 1.54) is 10.1 Å². The number of halogens is 1. The second-order valence-corrected chi connectivity index (χ2v) is 6.74.